The predicted molar refractivity (Wildman–Crippen MR) is 111 cm³/mol. The van der Waals surface area contributed by atoms with E-state index in [2.05, 4.69) is 28.2 Å². The molecule has 0 aliphatic carbocycles. The molecule has 27 heavy (non-hydrogen) atoms. The lowest BCUT2D eigenvalue weighted by Crippen LogP contribution is -2.30. The first-order chi connectivity index (χ1) is 13.0. The summed E-state index contributed by atoms with van der Waals surface area (Å²) in [5.41, 5.74) is 2.90. The number of nitrogens with one attached hydrogen (secondary N) is 1. The monoisotopic (exact) mass is 428 g/mol. The third-order valence-electron chi connectivity index (χ3n) is 4.30. The number of para-hydroxylation sites is 1. The number of hydrogen-bond donors (Lipinski definition) is 1. The van der Waals surface area contributed by atoms with Gasteiger partial charge in [-0.2, -0.15) is 0 Å². The first-order valence-electron chi connectivity index (χ1n) is 8.75. The number of fused-ring (bicyclic) bond motifs is 1. The molecular weight excluding hydrogens is 408 g/mol. The number of aryl methyl sites for hydroxylation is 1. The van der Waals surface area contributed by atoms with Gasteiger partial charge in [0.1, 0.15) is 5.58 Å². The zero-order valence-electron chi connectivity index (χ0n) is 15.3. The van der Waals surface area contributed by atoms with Crippen molar-refractivity contribution in [2.75, 3.05) is 18.9 Å². The van der Waals surface area contributed by atoms with E-state index in [0.717, 1.165) is 33.1 Å². The molecule has 0 bridgehead atoms. The van der Waals surface area contributed by atoms with Gasteiger partial charge >= 0.3 is 5.63 Å². The molecule has 0 unspecified atom stereocenters. The van der Waals surface area contributed by atoms with Gasteiger partial charge in [-0.05, 0) is 58.7 Å². The molecule has 5 nitrogen and oxygen atoms in total. The van der Waals surface area contributed by atoms with E-state index in [1.165, 1.54) is 6.07 Å². The summed E-state index contributed by atoms with van der Waals surface area (Å²) >= 11 is 3.42. The molecular formula is C21H21BrN2O3. The van der Waals surface area contributed by atoms with Crippen LogP contribution >= 0.6 is 15.9 Å². The highest BCUT2D eigenvalue weighted by Crippen LogP contribution is 2.22. The van der Waals surface area contributed by atoms with Crippen LogP contribution in [0.1, 0.15) is 18.1 Å². The van der Waals surface area contributed by atoms with E-state index in [1.54, 1.807) is 0 Å². The van der Waals surface area contributed by atoms with Crippen molar-refractivity contribution in [3.05, 3.63) is 74.6 Å². The first kappa shape index (κ1) is 19.3. The van der Waals surface area contributed by atoms with Crippen LogP contribution in [0.4, 0.5) is 5.69 Å². The molecule has 3 aromatic rings. The number of anilines is 1. The van der Waals surface area contributed by atoms with E-state index >= 15 is 0 Å². The largest absolute Gasteiger partial charge is 0.423 e. The summed E-state index contributed by atoms with van der Waals surface area (Å²) in [6.07, 6.45) is 0.874. The van der Waals surface area contributed by atoms with Crippen LogP contribution in [0.25, 0.3) is 11.0 Å². The highest BCUT2D eigenvalue weighted by molar-refractivity contribution is 9.10. The molecule has 3 rings (SSSR count). The van der Waals surface area contributed by atoms with Crippen LogP contribution in [0.15, 0.2) is 62.2 Å². The minimum Gasteiger partial charge on any atom is -0.423 e. The Morgan fingerprint density at radius 3 is 2.70 bits per heavy atom. The Kier molecular flexibility index (Phi) is 6.08. The minimum atomic E-state index is -0.378. The lowest BCUT2D eigenvalue weighted by Gasteiger charge is -2.17. The Hall–Kier alpha value is -2.44. The smallest absolute Gasteiger partial charge is 0.336 e. The summed E-state index contributed by atoms with van der Waals surface area (Å²) in [6.45, 7) is 2.73. The van der Waals surface area contributed by atoms with Crippen molar-refractivity contribution in [1.82, 2.24) is 4.90 Å². The second-order valence-corrected chi connectivity index (χ2v) is 7.33. The molecule has 140 valence electrons. The Bertz CT molecular complexity index is 1030. The van der Waals surface area contributed by atoms with Crippen LogP contribution in [-0.2, 0) is 17.8 Å². The average molecular weight is 429 g/mol. The molecule has 1 aromatic heterocycles. The summed E-state index contributed by atoms with van der Waals surface area (Å²) < 4.78 is 6.17. The average Bonchev–Trinajstić information content (AvgIpc) is 2.62. The molecule has 1 amide bonds. The maximum atomic E-state index is 12.3. The van der Waals surface area contributed by atoms with E-state index in [9.17, 15) is 9.59 Å². The SMILES string of the molecule is CCc1ccc2c(CN(C)CC(=O)Nc3ccccc3Br)cc(=O)oc2c1. The molecule has 0 atom stereocenters. The summed E-state index contributed by atoms with van der Waals surface area (Å²) in [6, 6.07) is 14.9. The maximum absolute atomic E-state index is 12.3. The van der Waals surface area contributed by atoms with Gasteiger partial charge < -0.3 is 9.73 Å². The van der Waals surface area contributed by atoms with Gasteiger partial charge in [-0.25, -0.2) is 4.79 Å². The Morgan fingerprint density at radius 2 is 1.96 bits per heavy atom. The second-order valence-electron chi connectivity index (χ2n) is 6.48. The van der Waals surface area contributed by atoms with Gasteiger partial charge in [0.2, 0.25) is 5.91 Å². The van der Waals surface area contributed by atoms with Crippen LogP contribution in [0.2, 0.25) is 0 Å². The normalized spacial score (nSPS) is 11.1. The van der Waals surface area contributed by atoms with Gasteiger partial charge in [-0.3, -0.25) is 9.69 Å². The number of nitrogens with zero attached hydrogens (tertiary/aromatic N) is 1. The van der Waals surface area contributed by atoms with Crippen LogP contribution < -0.4 is 10.9 Å². The highest BCUT2D eigenvalue weighted by Gasteiger charge is 2.12. The number of likely N-dealkylation sites (N-methyl/N-ethyl adjacent to an activating group) is 1. The number of carbonyl (C=O) groups excluding carboxylic acids is 1. The number of hydrogen-bond acceptors (Lipinski definition) is 4. The van der Waals surface area contributed by atoms with Crippen LogP contribution in [0.5, 0.6) is 0 Å². The number of halogens is 1. The Morgan fingerprint density at radius 1 is 1.19 bits per heavy atom. The number of rotatable bonds is 6. The molecule has 0 radical (unpaired) electrons. The summed E-state index contributed by atoms with van der Waals surface area (Å²) in [5, 5.41) is 3.78. The highest BCUT2D eigenvalue weighted by atomic mass is 79.9. The lowest BCUT2D eigenvalue weighted by atomic mass is 10.1. The molecule has 0 aliphatic rings. The van der Waals surface area contributed by atoms with Crippen molar-refractivity contribution in [2.24, 2.45) is 0 Å². The predicted octanol–water partition coefficient (Wildman–Crippen LogP) is 4.19. The van der Waals surface area contributed by atoms with Crippen molar-refractivity contribution in [1.29, 1.82) is 0 Å². The quantitative estimate of drug-likeness (QED) is 0.597. The molecule has 1 N–H and O–H groups in total. The number of carbonyl (C=O) groups is 1. The fraction of sp³-hybridized carbons (Fsp3) is 0.238. The maximum Gasteiger partial charge on any atom is 0.336 e. The van der Waals surface area contributed by atoms with Crippen molar-refractivity contribution in [2.45, 2.75) is 19.9 Å². The number of amides is 1. The van der Waals surface area contributed by atoms with E-state index in [1.807, 2.05) is 54.4 Å². The molecule has 1 heterocycles. The van der Waals surface area contributed by atoms with Crippen molar-refractivity contribution in [3.63, 3.8) is 0 Å². The van der Waals surface area contributed by atoms with Crippen molar-refractivity contribution >= 4 is 38.5 Å². The second kappa shape index (κ2) is 8.50. The zero-order chi connectivity index (χ0) is 19.4. The summed E-state index contributed by atoms with van der Waals surface area (Å²) in [4.78, 5) is 26.1. The van der Waals surface area contributed by atoms with E-state index in [-0.39, 0.29) is 18.1 Å². The fourth-order valence-corrected chi connectivity index (χ4v) is 3.35. The molecule has 6 heteroatoms. The zero-order valence-corrected chi connectivity index (χ0v) is 16.9. The molecule has 2 aromatic carbocycles. The standard InChI is InChI=1S/C21H21BrN2O3/c1-3-14-8-9-16-15(11-21(26)27-19(16)10-14)12-24(2)13-20(25)23-18-7-5-4-6-17(18)22/h4-11H,3,12-13H2,1-2H3,(H,23,25). The Labute approximate surface area is 166 Å². The summed E-state index contributed by atoms with van der Waals surface area (Å²) in [5.74, 6) is -0.120. The lowest BCUT2D eigenvalue weighted by molar-refractivity contribution is -0.117. The van der Waals surface area contributed by atoms with Gasteiger partial charge in [0, 0.05) is 22.5 Å². The minimum absolute atomic E-state index is 0.120. The van der Waals surface area contributed by atoms with Crippen LogP contribution in [-0.4, -0.2) is 24.4 Å². The molecule has 0 spiro atoms. The fourth-order valence-electron chi connectivity index (χ4n) is 2.97. The van der Waals surface area contributed by atoms with E-state index in [4.69, 9.17) is 4.42 Å². The first-order valence-corrected chi connectivity index (χ1v) is 9.54. The van der Waals surface area contributed by atoms with Crippen molar-refractivity contribution < 1.29 is 9.21 Å². The van der Waals surface area contributed by atoms with E-state index in [0.29, 0.717) is 12.1 Å². The van der Waals surface area contributed by atoms with Crippen molar-refractivity contribution in [3.8, 4) is 0 Å². The molecule has 0 saturated heterocycles. The third kappa shape index (κ3) is 4.84. The molecule has 0 fully saturated rings. The summed E-state index contributed by atoms with van der Waals surface area (Å²) in [7, 11) is 1.85. The van der Waals surface area contributed by atoms with Gasteiger partial charge in [0.15, 0.2) is 0 Å². The molecule has 0 saturated carbocycles. The van der Waals surface area contributed by atoms with Gasteiger partial charge in [-0.1, -0.05) is 31.2 Å². The van der Waals surface area contributed by atoms with Gasteiger partial charge in [0.25, 0.3) is 0 Å². The number of benzene rings is 2. The van der Waals surface area contributed by atoms with Crippen LogP contribution in [0.3, 0.4) is 0 Å². The van der Waals surface area contributed by atoms with E-state index < -0.39 is 0 Å². The third-order valence-corrected chi connectivity index (χ3v) is 5.00. The van der Waals surface area contributed by atoms with Gasteiger partial charge in [-0.15, -0.1) is 0 Å². The molecule has 0 aliphatic heterocycles. The topological polar surface area (TPSA) is 62.6 Å². The van der Waals surface area contributed by atoms with Gasteiger partial charge in [0.05, 0.1) is 12.2 Å². The Balaban J connectivity index is 1.74. The van der Waals surface area contributed by atoms with Crippen LogP contribution in [0, 0.1) is 0 Å².